The maximum atomic E-state index is 10.2. The molecular formula is C16H33N3O8S. The Labute approximate surface area is 168 Å². The summed E-state index contributed by atoms with van der Waals surface area (Å²) in [4.78, 5) is 40.1. The minimum absolute atomic E-state index is 0.0231. The van der Waals surface area contributed by atoms with Crippen LogP contribution < -0.4 is 17.2 Å². The van der Waals surface area contributed by atoms with Crippen LogP contribution in [0.2, 0.25) is 0 Å². The first kappa shape index (κ1) is 30.8. The van der Waals surface area contributed by atoms with E-state index in [4.69, 9.17) is 37.6 Å². The number of carbonyl (C=O) groups is 4. The molecule has 0 unspecified atom stereocenters. The van der Waals surface area contributed by atoms with Gasteiger partial charge >= 0.3 is 23.9 Å². The van der Waals surface area contributed by atoms with Gasteiger partial charge in [-0.1, -0.05) is 20.3 Å². The SMILES string of the molecule is CC[C@H](C)[C@H](N)C(=O)O.CSCC[C@H](N)C(=O)O.N[C@@H](CCC(=O)O)C(=O)O. The zero-order chi connectivity index (χ0) is 22.9. The lowest BCUT2D eigenvalue weighted by Gasteiger charge is -2.11. The first-order valence-electron chi connectivity index (χ1n) is 8.47. The Morgan fingerprint density at radius 2 is 1.29 bits per heavy atom. The Hall–Kier alpha value is -1.89. The minimum Gasteiger partial charge on any atom is -0.481 e. The fraction of sp³-hybridized carbons (Fsp3) is 0.750. The van der Waals surface area contributed by atoms with Crippen molar-refractivity contribution in [2.75, 3.05) is 12.0 Å². The molecule has 0 saturated carbocycles. The van der Waals surface area contributed by atoms with Crippen molar-refractivity contribution >= 4 is 35.6 Å². The minimum atomic E-state index is -1.17. The van der Waals surface area contributed by atoms with Crippen LogP contribution in [0.15, 0.2) is 0 Å². The third kappa shape index (κ3) is 20.4. The smallest absolute Gasteiger partial charge is 0.320 e. The molecule has 0 aliphatic rings. The van der Waals surface area contributed by atoms with Gasteiger partial charge in [-0.2, -0.15) is 11.8 Å². The lowest BCUT2D eigenvalue weighted by molar-refractivity contribution is -0.141. The molecule has 0 aliphatic carbocycles. The van der Waals surface area contributed by atoms with Gasteiger partial charge in [-0.3, -0.25) is 19.2 Å². The van der Waals surface area contributed by atoms with E-state index < -0.39 is 42.0 Å². The Bertz CT molecular complexity index is 479. The highest BCUT2D eigenvalue weighted by atomic mass is 32.2. The van der Waals surface area contributed by atoms with E-state index in [0.717, 1.165) is 12.2 Å². The van der Waals surface area contributed by atoms with E-state index in [1.54, 1.807) is 11.8 Å². The molecule has 0 aromatic heterocycles. The molecule has 12 heteroatoms. The van der Waals surface area contributed by atoms with Crippen LogP contribution in [0.5, 0.6) is 0 Å². The summed E-state index contributed by atoms with van der Waals surface area (Å²) in [5.74, 6) is -3.14. The Morgan fingerprint density at radius 1 is 0.857 bits per heavy atom. The molecule has 0 heterocycles. The standard InChI is InChI=1S/C6H13NO2.C5H9NO4.C5H11NO2S/c1-3-4(2)5(7)6(8)9;6-3(5(9)10)1-2-4(7)8;1-9-3-2-4(6)5(7)8/h4-5H,3,7H2,1-2H3,(H,8,9);3H,1-2,6H2,(H,7,8)(H,9,10);4H,2-3,6H2,1H3,(H,7,8)/t4-,5-;3-;4-/m000/s1. The summed E-state index contributed by atoms with van der Waals surface area (Å²) in [6.45, 7) is 3.76. The van der Waals surface area contributed by atoms with Gasteiger partial charge in [0.25, 0.3) is 0 Å². The summed E-state index contributed by atoms with van der Waals surface area (Å²) in [5, 5.41) is 32.9. The van der Waals surface area contributed by atoms with E-state index in [1.807, 2.05) is 20.1 Å². The number of aliphatic carboxylic acids is 4. The van der Waals surface area contributed by atoms with Gasteiger partial charge in [0.1, 0.15) is 18.1 Å². The number of carboxylic acids is 4. The van der Waals surface area contributed by atoms with Crippen LogP contribution in [0.25, 0.3) is 0 Å². The van der Waals surface area contributed by atoms with Crippen molar-refractivity contribution in [1.82, 2.24) is 0 Å². The summed E-state index contributed by atoms with van der Waals surface area (Å²) >= 11 is 1.60. The van der Waals surface area contributed by atoms with Crippen molar-refractivity contribution in [3.8, 4) is 0 Å². The number of thioether (sulfide) groups is 1. The highest BCUT2D eigenvalue weighted by molar-refractivity contribution is 7.98. The molecule has 166 valence electrons. The zero-order valence-corrected chi connectivity index (χ0v) is 17.2. The monoisotopic (exact) mass is 427 g/mol. The summed E-state index contributed by atoms with van der Waals surface area (Å²) in [6.07, 6.45) is 3.07. The Morgan fingerprint density at radius 3 is 1.54 bits per heavy atom. The van der Waals surface area contributed by atoms with E-state index in [0.29, 0.717) is 6.42 Å². The van der Waals surface area contributed by atoms with Crippen LogP contribution >= 0.6 is 11.8 Å². The van der Waals surface area contributed by atoms with Gasteiger partial charge in [-0.25, -0.2) is 0 Å². The molecule has 0 rings (SSSR count). The van der Waals surface area contributed by atoms with Gasteiger partial charge in [0, 0.05) is 6.42 Å². The van der Waals surface area contributed by atoms with Crippen molar-refractivity contribution in [3.05, 3.63) is 0 Å². The average Bonchev–Trinajstić information content (AvgIpc) is 2.63. The highest BCUT2D eigenvalue weighted by Crippen LogP contribution is 2.04. The first-order valence-corrected chi connectivity index (χ1v) is 9.86. The molecule has 28 heavy (non-hydrogen) atoms. The largest absolute Gasteiger partial charge is 0.481 e. The quantitative estimate of drug-likeness (QED) is 0.228. The van der Waals surface area contributed by atoms with E-state index in [1.165, 1.54) is 0 Å². The van der Waals surface area contributed by atoms with E-state index in [2.05, 4.69) is 0 Å². The van der Waals surface area contributed by atoms with Gasteiger partial charge in [0.05, 0.1) is 0 Å². The van der Waals surface area contributed by atoms with Crippen molar-refractivity contribution in [3.63, 3.8) is 0 Å². The number of hydrogen-bond donors (Lipinski definition) is 7. The first-order chi connectivity index (χ1) is 12.8. The van der Waals surface area contributed by atoms with Crippen LogP contribution in [0.1, 0.15) is 39.5 Å². The molecule has 0 saturated heterocycles. The van der Waals surface area contributed by atoms with Crippen molar-refractivity contribution < 1.29 is 39.6 Å². The normalized spacial score (nSPS) is 14.1. The Balaban J connectivity index is -0.000000336. The van der Waals surface area contributed by atoms with Crippen LogP contribution in [0, 0.1) is 5.92 Å². The number of hydrogen-bond acceptors (Lipinski definition) is 8. The van der Waals surface area contributed by atoms with E-state index in [-0.39, 0.29) is 18.8 Å². The fourth-order valence-corrected chi connectivity index (χ4v) is 1.76. The molecule has 0 bridgehead atoms. The molecular weight excluding hydrogens is 394 g/mol. The average molecular weight is 428 g/mol. The lowest BCUT2D eigenvalue weighted by Crippen LogP contribution is -2.36. The highest BCUT2D eigenvalue weighted by Gasteiger charge is 2.17. The van der Waals surface area contributed by atoms with Crippen LogP contribution in [0.4, 0.5) is 0 Å². The second-order valence-electron chi connectivity index (χ2n) is 5.85. The molecule has 0 aromatic rings. The fourth-order valence-electron chi connectivity index (χ4n) is 1.27. The molecule has 0 aromatic carbocycles. The second kappa shape index (κ2) is 18.5. The van der Waals surface area contributed by atoms with Crippen molar-refractivity contribution in [2.24, 2.45) is 23.1 Å². The summed E-state index contributed by atoms with van der Waals surface area (Å²) in [6, 6.07) is -2.44. The summed E-state index contributed by atoms with van der Waals surface area (Å²) < 4.78 is 0. The van der Waals surface area contributed by atoms with E-state index >= 15 is 0 Å². The molecule has 11 nitrogen and oxygen atoms in total. The summed E-state index contributed by atoms with van der Waals surface area (Å²) in [7, 11) is 0. The predicted octanol–water partition coefficient (Wildman–Crippen LogP) is -0.141. The Kier molecular flexibility index (Phi) is 20.3. The predicted molar refractivity (Wildman–Crippen MR) is 106 cm³/mol. The molecule has 0 spiro atoms. The van der Waals surface area contributed by atoms with E-state index in [9.17, 15) is 19.2 Å². The molecule has 4 atom stereocenters. The van der Waals surface area contributed by atoms with Crippen LogP contribution in [-0.4, -0.2) is 74.4 Å². The summed E-state index contributed by atoms with van der Waals surface area (Å²) in [5.41, 5.74) is 15.5. The van der Waals surface area contributed by atoms with Gasteiger partial charge < -0.3 is 37.6 Å². The van der Waals surface area contributed by atoms with Gasteiger partial charge in [0.15, 0.2) is 0 Å². The maximum absolute atomic E-state index is 10.2. The van der Waals surface area contributed by atoms with Gasteiger partial charge in [-0.05, 0) is 30.8 Å². The maximum Gasteiger partial charge on any atom is 0.320 e. The lowest BCUT2D eigenvalue weighted by atomic mass is 10.0. The molecule has 0 radical (unpaired) electrons. The molecule has 0 aliphatic heterocycles. The number of rotatable bonds is 11. The number of nitrogens with two attached hydrogens (primary N) is 3. The van der Waals surface area contributed by atoms with Gasteiger partial charge in [-0.15, -0.1) is 0 Å². The molecule has 0 amide bonds. The second-order valence-corrected chi connectivity index (χ2v) is 6.84. The van der Waals surface area contributed by atoms with Crippen molar-refractivity contribution in [1.29, 1.82) is 0 Å². The van der Waals surface area contributed by atoms with Crippen LogP contribution in [-0.2, 0) is 19.2 Å². The van der Waals surface area contributed by atoms with Gasteiger partial charge in [0.2, 0.25) is 0 Å². The van der Waals surface area contributed by atoms with Crippen molar-refractivity contribution in [2.45, 2.75) is 57.7 Å². The third-order valence-corrected chi connectivity index (χ3v) is 4.12. The molecule has 10 N–H and O–H groups in total. The third-order valence-electron chi connectivity index (χ3n) is 3.48. The number of carboxylic acid groups (broad SMARTS) is 4. The topological polar surface area (TPSA) is 227 Å². The molecule has 0 fully saturated rings. The zero-order valence-electron chi connectivity index (χ0n) is 16.4. The van der Waals surface area contributed by atoms with Crippen LogP contribution in [0.3, 0.4) is 0 Å².